The molecule has 0 fully saturated rings. The first kappa shape index (κ1) is 13.6. The SMILES string of the molecule is NNc1cc(NCc2ccc(Cl)s2)cc([N+](=O)[O-])c1. The first-order chi connectivity index (χ1) is 9.08. The van der Waals surface area contributed by atoms with Gasteiger partial charge in [0.2, 0.25) is 0 Å². The van der Waals surface area contributed by atoms with Crippen LogP contribution in [0, 0.1) is 10.1 Å². The minimum Gasteiger partial charge on any atom is -0.380 e. The number of nitrogens with zero attached hydrogens (tertiary/aromatic N) is 1. The highest BCUT2D eigenvalue weighted by atomic mass is 35.5. The molecule has 0 aliphatic rings. The molecular formula is C11H11ClN4O2S. The molecule has 1 heterocycles. The van der Waals surface area contributed by atoms with Gasteiger partial charge in [-0.3, -0.25) is 16.0 Å². The standard InChI is InChI=1S/C11H11ClN4O2S/c12-11-2-1-10(19-11)6-14-7-3-8(15-13)5-9(4-7)16(17)18/h1-5,14-15H,6,13H2. The number of anilines is 2. The Morgan fingerprint density at radius 2 is 2.05 bits per heavy atom. The van der Waals surface area contributed by atoms with Crippen molar-refractivity contribution in [3.05, 3.63) is 49.7 Å². The van der Waals surface area contributed by atoms with E-state index >= 15 is 0 Å². The Hall–Kier alpha value is -1.83. The number of hydrogen-bond donors (Lipinski definition) is 3. The molecule has 0 atom stereocenters. The summed E-state index contributed by atoms with van der Waals surface area (Å²) in [6.07, 6.45) is 0. The van der Waals surface area contributed by atoms with Crippen LogP contribution in [0.15, 0.2) is 30.3 Å². The van der Waals surface area contributed by atoms with E-state index in [4.69, 9.17) is 17.4 Å². The lowest BCUT2D eigenvalue weighted by atomic mass is 10.2. The zero-order chi connectivity index (χ0) is 13.8. The third kappa shape index (κ3) is 3.57. The van der Waals surface area contributed by atoms with Crippen LogP contribution in [0.5, 0.6) is 0 Å². The zero-order valence-corrected chi connectivity index (χ0v) is 11.3. The molecule has 0 aliphatic heterocycles. The van der Waals surface area contributed by atoms with E-state index in [2.05, 4.69) is 10.7 Å². The second kappa shape index (κ2) is 5.87. The summed E-state index contributed by atoms with van der Waals surface area (Å²) in [6, 6.07) is 8.23. The van der Waals surface area contributed by atoms with Crippen molar-refractivity contribution >= 4 is 40.0 Å². The number of benzene rings is 1. The lowest BCUT2D eigenvalue weighted by molar-refractivity contribution is -0.384. The minimum atomic E-state index is -0.464. The molecule has 0 bridgehead atoms. The normalized spacial score (nSPS) is 10.2. The van der Waals surface area contributed by atoms with Crippen LogP contribution < -0.4 is 16.6 Å². The Balaban J connectivity index is 2.15. The average Bonchev–Trinajstić information content (AvgIpc) is 2.81. The maximum Gasteiger partial charge on any atom is 0.273 e. The van der Waals surface area contributed by atoms with Gasteiger partial charge >= 0.3 is 0 Å². The number of nitrogens with two attached hydrogens (primary N) is 1. The van der Waals surface area contributed by atoms with E-state index < -0.39 is 4.92 Å². The molecule has 8 heteroatoms. The van der Waals surface area contributed by atoms with E-state index in [1.165, 1.54) is 23.5 Å². The van der Waals surface area contributed by atoms with Gasteiger partial charge in [-0.05, 0) is 18.2 Å². The van der Waals surface area contributed by atoms with E-state index in [1.807, 2.05) is 12.1 Å². The van der Waals surface area contributed by atoms with E-state index in [0.717, 1.165) is 4.88 Å². The number of rotatable bonds is 5. The number of nitro groups is 1. The molecule has 0 saturated heterocycles. The zero-order valence-electron chi connectivity index (χ0n) is 9.72. The maximum atomic E-state index is 10.8. The van der Waals surface area contributed by atoms with Gasteiger partial charge in [0.15, 0.2) is 0 Å². The Labute approximate surface area is 118 Å². The smallest absolute Gasteiger partial charge is 0.273 e. The molecule has 1 aromatic carbocycles. The monoisotopic (exact) mass is 298 g/mol. The Kier molecular flexibility index (Phi) is 4.20. The van der Waals surface area contributed by atoms with Crippen LogP contribution in [0.3, 0.4) is 0 Å². The fraction of sp³-hybridized carbons (Fsp3) is 0.0909. The van der Waals surface area contributed by atoms with Gasteiger partial charge in [0.05, 0.1) is 14.9 Å². The van der Waals surface area contributed by atoms with Crippen LogP contribution >= 0.6 is 22.9 Å². The van der Waals surface area contributed by atoms with Crippen molar-refractivity contribution in [3.63, 3.8) is 0 Å². The van der Waals surface area contributed by atoms with Crippen molar-refractivity contribution in [1.82, 2.24) is 0 Å². The van der Waals surface area contributed by atoms with Crippen LogP contribution in [0.4, 0.5) is 17.1 Å². The highest BCUT2D eigenvalue weighted by Crippen LogP contribution is 2.26. The maximum absolute atomic E-state index is 10.8. The molecule has 19 heavy (non-hydrogen) atoms. The molecule has 6 nitrogen and oxygen atoms in total. The van der Waals surface area contributed by atoms with Gasteiger partial charge < -0.3 is 10.7 Å². The van der Waals surface area contributed by atoms with Gasteiger partial charge in [-0.2, -0.15) is 0 Å². The van der Waals surface area contributed by atoms with Gasteiger partial charge in [0, 0.05) is 29.2 Å². The van der Waals surface area contributed by atoms with Crippen molar-refractivity contribution in [2.75, 3.05) is 10.7 Å². The van der Waals surface area contributed by atoms with Crippen molar-refractivity contribution in [3.8, 4) is 0 Å². The minimum absolute atomic E-state index is 0.0258. The fourth-order valence-electron chi connectivity index (χ4n) is 1.54. The molecule has 100 valence electrons. The van der Waals surface area contributed by atoms with Crippen LogP contribution in [-0.2, 0) is 6.54 Å². The molecule has 2 aromatic rings. The third-order valence-electron chi connectivity index (χ3n) is 2.39. The molecule has 0 amide bonds. The lowest BCUT2D eigenvalue weighted by Crippen LogP contribution is -2.08. The van der Waals surface area contributed by atoms with Gasteiger partial charge in [0.1, 0.15) is 0 Å². The summed E-state index contributed by atoms with van der Waals surface area (Å²) in [5.41, 5.74) is 3.47. The second-order valence-corrected chi connectivity index (χ2v) is 5.53. The molecule has 2 rings (SSSR count). The Morgan fingerprint density at radius 1 is 1.32 bits per heavy atom. The topological polar surface area (TPSA) is 93.2 Å². The van der Waals surface area contributed by atoms with Crippen LogP contribution in [0.1, 0.15) is 4.88 Å². The highest BCUT2D eigenvalue weighted by Gasteiger charge is 2.09. The number of thiophene rings is 1. The molecule has 0 radical (unpaired) electrons. The summed E-state index contributed by atoms with van der Waals surface area (Å²) >= 11 is 7.29. The summed E-state index contributed by atoms with van der Waals surface area (Å²) in [4.78, 5) is 11.4. The van der Waals surface area contributed by atoms with E-state index in [-0.39, 0.29) is 5.69 Å². The Morgan fingerprint density at radius 3 is 2.63 bits per heavy atom. The van der Waals surface area contributed by atoms with Gasteiger partial charge in [-0.15, -0.1) is 11.3 Å². The summed E-state index contributed by atoms with van der Waals surface area (Å²) < 4.78 is 0.708. The third-order valence-corrected chi connectivity index (χ3v) is 3.62. The van der Waals surface area contributed by atoms with Gasteiger partial charge in [-0.25, -0.2) is 0 Å². The van der Waals surface area contributed by atoms with Gasteiger partial charge in [0.25, 0.3) is 5.69 Å². The first-order valence-corrected chi connectivity index (χ1v) is 6.52. The second-order valence-electron chi connectivity index (χ2n) is 3.73. The number of halogens is 1. The molecule has 4 N–H and O–H groups in total. The van der Waals surface area contributed by atoms with Crippen molar-refractivity contribution < 1.29 is 4.92 Å². The summed E-state index contributed by atoms with van der Waals surface area (Å²) in [5.74, 6) is 5.28. The van der Waals surface area contributed by atoms with Crippen molar-refractivity contribution in [2.45, 2.75) is 6.54 Å². The molecule has 0 unspecified atom stereocenters. The quantitative estimate of drug-likeness (QED) is 0.448. The summed E-state index contributed by atoms with van der Waals surface area (Å²) in [6.45, 7) is 0.544. The van der Waals surface area contributed by atoms with Crippen molar-refractivity contribution in [2.24, 2.45) is 5.84 Å². The number of hydrogen-bond acceptors (Lipinski definition) is 6. The van der Waals surface area contributed by atoms with Crippen LogP contribution in [0.2, 0.25) is 4.34 Å². The van der Waals surface area contributed by atoms with Gasteiger partial charge in [-0.1, -0.05) is 11.6 Å². The van der Waals surface area contributed by atoms with Crippen molar-refractivity contribution in [1.29, 1.82) is 0 Å². The van der Waals surface area contributed by atoms with E-state index in [9.17, 15) is 10.1 Å². The van der Waals surface area contributed by atoms with E-state index in [1.54, 1.807) is 6.07 Å². The molecule has 0 spiro atoms. The fourth-order valence-corrected chi connectivity index (χ4v) is 2.57. The number of nitrogen functional groups attached to an aromatic ring is 1. The average molecular weight is 299 g/mol. The number of hydrazine groups is 1. The molecule has 1 aromatic heterocycles. The van der Waals surface area contributed by atoms with Crippen LogP contribution in [0.25, 0.3) is 0 Å². The molecular weight excluding hydrogens is 288 g/mol. The van der Waals surface area contributed by atoms with E-state index in [0.29, 0.717) is 22.3 Å². The number of nitro benzene ring substituents is 1. The predicted molar refractivity (Wildman–Crippen MR) is 77.6 cm³/mol. The predicted octanol–water partition coefficient (Wildman–Crippen LogP) is 3.21. The number of non-ortho nitro benzene ring substituents is 1. The Bertz CT molecular complexity index is 602. The lowest BCUT2D eigenvalue weighted by Gasteiger charge is -2.07. The first-order valence-electron chi connectivity index (χ1n) is 5.32. The highest BCUT2D eigenvalue weighted by molar-refractivity contribution is 7.16. The number of nitrogens with one attached hydrogen (secondary N) is 2. The summed E-state index contributed by atoms with van der Waals surface area (Å²) in [5, 5.41) is 13.9. The summed E-state index contributed by atoms with van der Waals surface area (Å²) in [7, 11) is 0. The molecule has 0 saturated carbocycles. The largest absolute Gasteiger partial charge is 0.380 e. The van der Waals surface area contributed by atoms with Crippen LogP contribution in [-0.4, -0.2) is 4.92 Å². The molecule has 0 aliphatic carbocycles.